The van der Waals surface area contributed by atoms with Crippen molar-refractivity contribution in [1.29, 1.82) is 0 Å². The molecule has 0 bridgehead atoms. The summed E-state index contributed by atoms with van der Waals surface area (Å²) in [6.45, 7) is 1.92. The average molecular weight is 301 g/mol. The lowest BCUT2D eigenvalue weighted by molar-refractivity contribution is 0.465. The van der Waals surface area contributed by atoms with Crippen LogP contribution in [0.15, 0.2) is 42.5 Å². The number of aryl methyl sites for hydroxylation is 1. The quantitative estimate of drug-likeness (QED) is 0.570. The van der Waals surface area contributed by atoms with Gasteiger partial charge in [0, 0.05) is 5.02 Å². The lowest BCUT2D eigenvalue weighted by atomic mass is 10.2. The van der Waals surface area contributed by atoms with E-state index in [1.54, 1.807) is 6.07 Å². The highest BCUT2D eigenvalue weighted by Gasteiger charge is 2.10. The van der Waals surface area contributed by atoms with Crippen LogP contribution in [-0.4, -0.2) is 9.97 Å². The first-order chi connectivity index (χ1) is 10.2. The molecule has 0 saturated carbocycles. The van der Waals surface area contributed by atoms with E-state index in [1.165, 1.54) is 0 Å². The van der Waals surface area contributed by atoms with Crippen LogP contribution in [0.25, 0.3) is 10.9 Å². The molecule has 0 spiro atoms. The SMILES string of the molecule is Cc1cc(Cl)ccc1Oc1nc(NN)nc2ccccc12. The van der Waals surface area contributed by atoms with E-state index in [-0.39, 0.29) is 0 Å². The van der Waals surface area contributed by atoms with Crippen LogP contribution in [0.4, 0.5) is 5.95 Å². The molecule has 0 radical (unpaired) electrons. The van der Waals surface area contributed by atoms with Crippen molar-refractivity contribution >= 4 is 28.5 Å². The molecule has 0 aliphatic carbocycles. The van der Waals surface area contributed by atoms with Crippen molar-refractivity contribution in [2.24, 2.45) is 5.84 Å². The van der Waals surface area contributed by atoms with Crippen LogP contribution in [0.5, 0.6) is 11.6 Å². The Balaban J connectivity index is 2.10. The van der Waals surface area contributed by atoms with Gasteiger partial charge >= 0.3 is 0 Å². The van der Waals surface area contributed by atoms with E-state index in [0.29, 0.717) is 22.6 Å². The highest BCUT2D eigenvalue weighted by atomic mass is 35.5. The number of benzene rings is 2. The normalized spacial score (nSPS) is 10.6. The van der Waals surface area contributed by atoms with E-state index in [4.69, 9.17) is 22.2 Å². The first kappa shape index (κ1) is 13.6. The minimum atomic E-state index is 0.301. The van der Waals surface area contributed by atoms with Crippen LogP contribution in [0, 0.1) is 6.92 Å². The molecule has 0 amide bonds. The fourth-order valence-corrected chi connectivity index (χ4v) is 2.25. The number of rotatable bonds is 3. The van der Waals surface area contributed by atoms with E-state index in [1.807, 2.05) is 43.3 Å². The number of nitrogens with zero attached hydrogens (tertiary/aromatic N) is 2. The first-order valence-corrected chi connectivity index (χ1v) is 6.72. The van der Waals surface area contributed by atoms with Gasteiger partial charge in [-0.3, -0.25) is 5.43 Å². The Morgan fingerprint density at radius 1 is 1.14 bits per heavy atom. The van der Waals surface area contributed by atoms with Crippen LogP contribution < -0.4 is 16.0 Å². The number of fused-ring (bicyclic) bond motifs is 1. The van der Waals surface area contributed by atoms with Crippen molar-refractivity contribution < 1.29 is 4.74 Å². The molecular weight excluding hydrogens is 288 g/mol. The smallest absolute Gasteiger partial charge is 0.241 e. The standard InChI is InChI=1S/C15H13ClN4O/c1-9-8-10(16)6-7-13(9)21-14-11-4-2-3-5-12(11)18-15(19-14)20-17/h2-8H,17H2,1H3,(H,18,19,20). The Hall–Kier alpha value is -2.37. The van der Waals surface area contributed by atoms with Crippen LogP contribution >= 0.6 is 11.6 Å². The van der Waals surface area contributed by atoms with Gasteiger partial charge in [-0.15, -0.1) is 0 Å². The average Bonchev–Trinajstić information content (AvgIpc) is 2.49. The third-order valence-electron chi connectivity index (χ3n) is 3.04. The van der Waals surface area contributed by atoms with Gasteiger partial charge < -0.3 is 4.74 Å². The molecule has 3 rings (SSSR count). The molecule has 0 saturated heterocycles. The summed E-state index contributed by atoms with van der Waals surface area (Å²) in [5.41, 5.74) is 4.12. The molecule has 0 aliphatic rings. The summed E-state index contributed by atoms with van der Waals surface area (Å²) in [5.74, 6) is 6.84. The van der Waals surface area contributed by atoms with Crippen LogP contribution in [0.2, 0.25) is 5.02 Å². The topological polar surface area (TPSA) is 73.1 Å². The van der Waals surface area contributed by atoms with E-state index in [9.17, 15) is 0 Å². The minimum Gasteiger partial charge on any atom is -0.438 e. The second-order valence-electron chi connectivity index (χ2n) is 4.53. The van der Waals surface area contributed by atoms with Gasteiger partial charge in [0.25, 0.3) is 0 Å². The second kappa shape index (κ2) is 5.55. The summed E-state index contributed by atoms with van der Waals surface area (Å²) < 4.78 is 5.91. The third-order valence-corrected chi connectivity index (χ3v) is 3.28. The van der Waals surface area contributed by atoms with Crippen molar-refractivity contribution in [1.82, 2.24) is 9.97 Å². The van der Waals surface area contributed by atoms with Gasteiger partial charge in [0.05, 0.1) is 10.9 Å². The van der Waals surface area contributed by atoms with Gasteiger partial charge in [0.15, 0.2) is 0 Å². The van der Waals surface area contributed by atoms with Crippen molar-refractivity contribution in [3.63, 3.8) is 0 Å². The highest BCUT2D eigenvalue weighted by Crippen LogP contribution is 2.31. The number of para-hydroxylation sites is 1. The summed E-state index contributed by atoms with van der Waals surface area (Å²) in [4.78, 5) is 8.56. The number of hydrazine groups is 1. The summed E-state index contributed by atoms with van der Waals surface area (Å²) in [7, 11) is 0. The number of nitrogens with one attached hydrogen (secondary N) is 1. The van der Waals surface area contributed by atoms with Crippen molar-refractivity contribution in [2.45, 2.75) is 6.92 Å². The van der Waals surface area contributed by atoms with Gasteiger partial charge in [-0.2, -0.15) is 4.98 Å². The maximum Gasteiger partial charge on any atom is 0.241 e. The summed E-state index contributed by atoms with van der Waals surface area (Å²) in [6, 6.07) is 13.0. The van der Waals surface area contributed by atoms with Gasteiger partial charge in [-0.1, -0.05) is 23.7 Å². The predicted octanol–water partition coefficient (Wildman–Crippen LogP) is 3.67. The molecule has 6 heteroatoms. The first-order valence-electron chi connectivity index (χ1n) is 6.35. The Morgan fingerprint density at radius 2 is 1.95 bits per heavy atom. The zero-order chi connectivity index (χ0) is 14.8. The second-order valence-corrected chi connectivity index (χ2v) is 4.96. The molecule has 21 heavy (non-hydrogen) atoms. The molecule has 0 fully saturated rings. The molecular formula is C15H13ClN4O. The Morgan fingerprint density at radius 3 is 2.71 bits per heavy atom. The van der Waals surface area contributed by atoms with Gasteiger partial charge in [-0.25, -0.2) is 10.8 Å². The fourth-order valence-electron chi connectivity index (χ4n) is 2.02. The van der Waals surface area contributed by atoms with E-state index < -0.39 is 0 Å². The molecule has 1 aromatic heterocycles. The molecule has 3 aromatic rings. The zero-order valence-corrected chi connectivity index (χ0v) is 12.1. The molecule has 0 aliphatic heterocycles. The third kappa shape index (κ3) is 2.74. The maximum atomic E-state index is 5.95. The number of halogens is 1. The van der Waals surface area contributed by atoms with Crippen molar-refractivity contribution in [2.75, 3.05) is 5.43 Å². The lowest BCUT2D eigenvalue weighted by Gasteiger charge is -2.11. The number of nitrogens with two attached hydrogens (primary N) is 1. The van der Waals surface area contributed by atoms with Crippen LogP contribution in [-0.2, 0) is 0 Å². The van der Waals surface area contributed by atoms with Gasteiger partial charge in [0.1, 0.15) is 5.75 Å². The van der Waals surface area contributed by atoms with Gasteiger partial charge in [-0.05, 0) is 42.8 Å². The Kier molecular flexibility index (Phi) is 3.60. The minimum absolute atomic E-state index is 0.301. The van der Waals surface area contributed by atoms with Crippen LogP contribution in [0.1, 0.15) is 5.56 Å². The number of hydrogen-bond donors (Lipinski definition) is 2. The number of anilines is 1. The zero-order valence-electron chi connectivity index (χ0n) is 11.3. The van der Waals surface area contributed by atoms with Crippen molar-refractivity contribution in [3.8, 4) is 11.6 Å². The molecule has 0 atom stereocenters. The van der Waals surface area contributed by atoms with E-state index in [2.05, 4.69) is 15.4 Å². The van der Waals surface area contributed by atoms with E-state index in [0.717, 1.165) is 16.5 Å². The Bertz CT molecular complexity index is 807. The number of aromatic nitrogens is 2. The van der Waals surface area contributed by atoms with Gasteiger partial charge in [0.2, 0.25) is 11.8 Å². The summed E-state index contributed by atoms with van der Waals surface area (Å²) >= 11 is 5.95. The lowest BCUT2D eigenvalue weighted by Crippen LogP contribution is -2.11. The molecule has 5 nitrogen and oxygen atoms in total. The molecule has 106 valence electrons. The highest BCUT2D eigenvalue weighted by molar-refractivity contribution is 6.30. The number of hydrogen-bond acceptors (Lipinski definition) is 5. The van der Waals surface area contributed by atoms with Crippen LogP contribution in [0.3, 0.4) is 0 Å². The summed E-state index contributed by atoms with van der Waals surface area (Å²) in [6.07, 6.45) is 0. The maximum absolute atomic E-state index is 5.95. The molecule has 0 unspecified atom stereocenters. The Labute approximate surface area is 126 Å². The van der Waals surface area contributed by atoms with E-state index >= 15 is 0 Å². The summed E-state index contributed by atoms with van der Waals surface area (Å²) in [5, 5.41) is 1.47. The van der Waals surface area contributed by atoms with Crippen molar-refractivity contribution in [3.05, 3.63) is 53.1 Å². The largest absolute Gasteiger partial charge is 0.438 e. The number of nitrogen functional groups attached to an aromatic ring is 1. The molecule has 3 N–H and O–H groups in total. The monoisotopic (exact) mass is 300 g/mol. The fraction of sp³-hybridized carbons (Fsp3) is 0.0667. The number of ether oxygens (including phenoxy) is 1. The predicted molar refractivity (Wildman–Crippen MR) is 83.6 cm³/mol. The molecule has 1 heterocycles. The molecule has 2 aromatic carbocycles.